The molecule has 20 heavy (non-hydrogen) atoms. The van der Waals surface area contributed by atoms with Gasteiger partial charge in [0.05, 0.1) is 11.1 Å². The van der Waals surface area contributed by atoms with Gasteiger partial charge in [-0.3, -0.25) is 0 Å². The Morgan fingerprint density at radius 1 is 1.25 bits per heavy atom. The summed E-state index contributed by atoms with van der Waals surface area (Å²) < 4.78 is 14.3. The van der Waals surface area contributed by atoms with Crippen molar-refractivity contribution in [2.45, 2.75) is 19.4 Å². The summed E-state index contributed by atoms with van der Waals surface area (Å²) in [6, 6.07) is 12.3. The van der Waals surface area contributed by atoms with Crippen LogP contribution in [-0.2, 0) is 0 Å². The SMILES string of the molecule is CCCNC(c1cccc(F)c1)c1cccc(Br)c1Cl. The second-order valence-electron chi connectivity index (χ2n) is 4.59. The number of halogens is 3. The molecule has 1 N–H and O–H groups in total. The van der Waals surface area contributed by atoms with Crippen molar-refractivity contribution in [3.8, 4) is 0 Å². The fourth-order valence-corrected chi connectivity index (χ4v) is 2.74. The molecule has 1 unspecified atom stereocenters. The Bertz CT molecular complexity index is 588. The van der Waals surface area contributed by atoms with Crippen LogP contribution in [0.25, 0.3) is 0 Å². The molecule has 0 heterocycles. The Morgan fingerprint density at radius 3 is 2.70 bits per heavy atom. The van der Waals surface area contributed by atoms with Gasteiger partial charge in [0.2, 0.25) is 0 Å². The second kappa shape index (κ2) is 7.21. The van der Waals surface area contributed by atoms with E-state index in [1.807, 2.05) is 24.3 Å². The molecule has 0 aliphatic heterocycles. The van der Waals surface area contributed by atoms with Gasteiger partial charge in [0.25, 0.3) is 0 Å². The molecular weight excluding hydrogens is 341 g/mol. The first-order valence-electron chi connectivity index (χ1n) is 6.56. The van der Waals surface area contributed by atoms with Crippen LogP contribution >= 0.6 is 27.5 Å². The van der Waals surface area contributed by atoms with Gasteiger partial charge in [-0.2, -0.15) is 0 Å². The number of hydrogen-bond donors (Lipinski definition) is 1. The van der Waals surface area contributed by atoms with Crippen LogP contribution in [0.4, 0.5) is 4.39 Å². The molecule has 0 spiro atoms. The smallest absolute Gasteiger partial charge is 0.123 e. The molecule has 0 amide bonds. The largest absolute Gasteiger partial charge is 0.306 e. The maximum atomic E-state index is 13.5. The van der Waals surface area contributed by atoms with E-state index in [1.54, 1.807) is 12.1 Å². The van der Waals surface area contributed by atoms with Crippen LogP contribution in [0.5, 0.6) is 0 Å². The summed E-state index contributed by atoms with van der Waals surface area (Å²) in [5.74, 6) is -0.239. The number of rotatable bonds is 5. The van der Waals surface area contributed by atoms with Gasteiger partial charge in [-0.15, -0.1) is 0 Å². The van der Waals surface area contributed by atoms with E-state index in [1.165, 1.54) is 6.07 Å². The Hall–Kier alpha value is -0.900. The monoisotopic (exact) mass is 355 g/mol. The zero-order chi connectivity index (χ0) is 14.5. The van der Waals surface area contributed by atoms with Crippen molar-refractivity contribution < 1.29 is 4.39 Å². The van der Waals surface area contributed by atoms with E-state index in [2.05, 4.69) is 28.2 Å². The number of benzene rings is 2. The van der Waals surface area contributed by atoms with Gasteiger partial charge in [-0.1, -0.05) is 42.8 Å². The van der Waals surface area contributed by atoms with Gasteiger partial charge in [-0.05, 0) is 58.2 Å². The van der Waals surface area contributed by atoms with Gasteiger partial charge in [0, 0.05) is 4.47 Å². The molecule has 4 heteroatoms. The zero-order valence-electron chi connectivity index (χ0n) is 11.2. The van der Waals surface area contributed by atoms with Crippen LogP contribution in [0.1, 0.15) is 30.5 Å². The topological polar surface area (TPSA) is 12.0 Å². The molecule has 0 aromatic heterocycles. The second-order valence-corrected chi connectivity index (χ2v) is 5.82. The van der Waals surface area contributed by atoms with E-state index >= 15 is 0 Å². The molecule has 0 saturated heterocycles. The maximum Gasteiger partial charge on any atom is 0.123 e. The van der Waals surface area contributed by atoms with E-state index in [-0.39, 0.29) is 11.9 Å². The molecule has 2 rings (SSSR count). The van der Waals surface area contributed by atoms with Crippen molar-refractivity contribution in [2.24, 2.45) is 0 Å². The maximum absolute atomic E-state index is 13.5. The number of hydrogen-bond acceptors (Lipinski definition) is 1. The fourth-order valence-electron chi connectivity index (χ4n) is 2.13. The Balaban J connectivity index is 2.44. The van der Waals surface area contributed by atoms with Crippen molar-refractivity contribution in [3.05, 3.63) is 68.9 Å². The molecule has 0 aliphatic rings. The Morgan fingerprint density at radius 2 is 2.00 bits per heavy atom. The standard InChI is InChI=1S/C16H16BrClFN/c1-2-9-20-16(11-5-3-6-12(19)10-11)13-7-4-8-14(17)15(13)18/h3-8,10,16,20H,2,9H2,1H3. The van der Waals surface area contributed by atoms with Crippen LogP contribution in [0, 0.1) is 5.82 Å². The summed E-state index contributed by atoms with van der Waals surface area (Å²) in [4.78, 5) is 0. The molecule has 1 atom stereocenters. The third-order valence-corrected chi connectivity index (χ3v) is 4.38. The first-order valence-corrected chi connectivity index (χ1v) is 7.73. The molecule has 1 nitrogen and oxygen atoms in total. The highest BCUT2D eigenvalue weighted by Gasteiger charge is 2.18. The molecule has 2 aromatic carbocycles. The van der Waals surface area contributed by atoms with Gasteiger partial charge >= 0.3 is 0 Å². The lowest BCUT2D eigenvalue weighted by atomic mass is 9.98. The van der Waals surface area contributed by atoms with Crippen molar-refractivity contribution in [2.75, 3.05) is 6.54 Å². The Labute approximate surface area is 132 Å². The quantitative estimate of drug-likeness (QED) is 0.763. The van der Waals surface area contributed by atoms with Crippen molar-refractivity contribution >= 4 is 27.5 Å². The van der Waals surface area contributed by atoms with E-state index in [9.17, 15) is 4.39 Å². The van der Waals surface area contributed by atoms with E-state index < -0.39 is 0 Å². The van der Waals surface area contributed by atoms with Crippen molar-refractivity contribution in [1.82, 2.24) is 5.32 Å². The highest BCUT2D eigenvalue weighted by molar-refractivity contribution is 9.10. The fraction of sp³-hybridized carbons (Fsp3) is 0.250. The van der Waals surface area contributed by atoms with Crippen LogP contribution in [0.2, 0.25) is 5.02 Å². The average molecular weight is 357 g/mol. The average Bonchev–Trinajstić information content (AvgIpc) is 2.44. The van der Waals surface area contributed by atoms with E-state index in [4.69, 9.17) is 11.6 Å². The highest BCUT2D eigenvalue weighted by atomic mass is 79.9. The summed E-state index contributed by atoms with van der Waals surface area (Å²) >= 11 is 9.81. The molecule has 106 valence electrons. The first-order chi connectivity index (χ1) is 9.63. The molecule has 0 bridgehead atoms. The summed E-state index contributed by atoms with van der Waals surface area (Å²) in [7, 11) is 0. The lowest BCUT2D eigenvalue weighted by Gasteiger charge is -2.21. The summed E-state index contributed by atoms with van der Waals surface area (Å²) in [6.07, 6.45) is 0.997. The molecule has 2 aromatic rings. The number of nitrogens with one attached hydrogen (secondary N) is 1. The Kier molecular flexibility index (Phi) is 5.58. The minimum atomic E-state index is -0.239. The minimum absolute atomic E-state index is 0.115. The molecular formula is C16H16BrClFN. The van der Waals surface area contributed by atoms with E-state index in [0.29, 0.717) is 5.02 Å². The predicted octanol–water partition coefficient (Wildman–Crippen LogP) is 5.33. The third kappa shape index (κ3) is 3.60. The molecule has 0 saturated carbocycles. The van der Waals surface area contributed by atoms with Gasteiger partial charge in [-0.25, -0.2) is 4.39 Å². The third-order valence-electron chi connectivity index (χ3n) is 3.07. The molecule has 0 radical (unpaired) electrons. The lowest BCUT2D eigenvalue weighted by molar-refractivity contribution is 0.585. The van der Waals surface area contributed by atoms with Crippen LogP contribution in [0.15, 0.2) is 46.9 Å². The lowest BCUT2D eigenvalue weighted by Crippen LogP contribution is -2.23. The zero-order valence-corrected chi connectivity index (χ0v) is 13.5. The summed E-state index contributed by atoms with van der Waals surface area (Å²) in [5, 5.41) is 4.08. The summed E-state index contributed by atoms with van der Waals surface area (Å²) in [6.45, 7) is 2.93. The normalized spacial score (nSPS) is 12.4. The predicted molar refractivity (Wildman–Crippen MR) is 85.7 cm³/mol. The van der Waals surface area contributed by atoms with Crippen LogP contribution in [0.3, 0.4) is 0 Å². The van der Waals surface area contributed by atoms with Gasteiger partial charge in [0.15, 0.2) is 0 Å². The van der Waals surface area contributed by atoms with Gasteiger partial charge < -0.3 is 5.32 Å². The van der Waals surface area contributed by atoms with Crippen molar-refractivity contribution in [3.63, 3.8) is 0 Å². The van der Waals surface area contributed by atoms with Crippen molar-refractivity contribution in [1.29, 1.82) is 0 Å². The highest BCUT2D eigenvalue weighted by Crippen LogP contribution is 2.33. The first kappa shape index (κ1) is 15.5. The molecule has 0 fully saturated rings. The van der Waals surface area contributed by atoms with E-state index in [0.717, 1.165) is 28.6 Å². The minimum Gasteiger partial charge on any atom is -0.306 e. The van der Waals surface area contributed by atoms with Crippen LogP contribution < -0.4 is 5.32 Å². The summed E-state index contributed by atoms with van der Waals surface area (Å²) in [5.41, 5.74) is 1.82. The van der Waals surface area contributed by atoms with Crippen LogP contribution in [-0.4, -0.2) is 6.54 Å². The molecule has 0 aliphatic carbocycles. The van der Waals surface area contributed by atoms with Gasteiger partial charge in [0.1, 0.15) is 5.82 Å².